The van der Waals surface area contributed by atoms with E-state index in [2.05, 4.69) is 221 Å². The molecular formula is C54H38N2. The summed E-state index contributed by atoms with van der Waals surface area (Å²) < 4.78 is 4.85. The zero-order valence-electron chi connectivity index (χ0n) is 30.9. The molecule has 1 aliphatic rings. The lowest BCUT2D eigenvalue weighted by Crippen LogP contribution is -2.03. The fourth-order valence-corrected chi connectivity index (χ4v) is 8.94. The minimum absolute atomic E-state index is 0.357. The molecule has 0 N–H and O–H groups in total. The van der Waals surface area contributed by atoms with E-state index in [1.165, 1.54) is 88.3 Å². The maximum absolute atomic E-state index is 2.44. The Morgan fingerprint density at radius 1 is 0.357 bits per heavy atom. The molecule has 2 aromatic heterocycles. The number of benzene rings is 8. The molecule has 0 saturated heterocycles. The first kappa shape index (κ1) is 32.3. The van der Waals surface area contributed by atoms with Crippen molar-refractivity contribution in [1.82, 2.24) is 9.13 Å². The third kappa shape index (κ3) is 5.41. The summed E-state index contributed by atoms with van der Waals surface area (Å²) in [6.45, 7) is 0. The normalized spacial score (nSPS) is 14.2. The fourth-order valence-electron chi connectivity index (χ4n) is 8.94. The number of rotatable bonds is 6. The molecule has 1 unspecified atom stereocenters. The van der Waals surface area contributed by atoms with Gasteiger partial charge in [-0.1, -0.05) is 152 Å². The van der Waals surface area contributed by atoms with E-state index in [0.29, 0.717) is 5.92 Å². The first-order valence-corrected chi connectivity index (χ1v) is 19.5. The van der Waals surface area contributed by atoms with Crippen LogP contribution in [-0.2, 0) is 0 Å². The number of hydrogen-bond acceptors (Lipinski definition) is 0. The molecule has 2 heterocycles. The second-order valence-electron chi connectivity index (χ2n) is 14.9. The molecule has 0 spiro atoms. The lowest BCUT2D eigenvalue weighted by molar-refractivity contribution is 0.849. The van der Waals surface area contributed by atoms with Crippen LogP contribution >= 0.6 is 0 Å². The highest BCUT2D eigenvalue weighted by atomic mass is 15.0. The summed E-state index contributed by atoms with van der Waals surface area (Å²) in [4.78, 5) is 0. The zero-order valence-corrected chi connectivity index (χ0v) is 30.9. The molecule has 1 aliphatic carbocycles. The highest BCUT2D eigenvalue weighted by Gasteiger charge is 2.19. The second kappa shape index (κ2) is 13.3. The lowest BCUT2D eigenvalue weighted by Gasteiger charge is -2.19. The molecule has 2 heteroatoms. The minimum Gasteiger partial charge on any atom is -0.310 e. The van der Waals surface area contributed by atoms with Gasteiger partial charge in [0.15, 0.2) is 0 Å². The average Bonchev–Trinajstić information content (AvgIpc) is 3.79. The van der Waals surface area contributed by atoms with Gasteiger partial charge in [0, 0.05) is 38.8 Å². The van der Waals surface area contributed by atoms with Gasteiger partial charge in [0.25, 0.3) is 0 Å². The average molecular weight is 715 g/mol. The van der Waals surface area contributed by atoms with Crippen LogP contribution < -0.4 is 0 Å². The number of aromatic nitrogens is 2. The van der Waals surface area contributed by atoms with E-state index in [0.717, 1.165) is 12.1 Å². The van der Waals surface area contributed by atoms with Crippen LogP contribution in [0.1, 0.15) is 17.9 Å². The maximum Gasteiger partial charge on any atom is 0.0541 e. The summed E-state index contributed by atoms with van der Waals surface area (Å²) in [5.41, 5.74) is 15.9. The van der Waals surface area contributed by atoms with Gasteiger partial charge in [0.2, 0.25) is 0 Å². The van der Waals surface area contributed by atoms with E-state index in [1.807, 2.05) is 0 Å². The van der Waals surface area contributed by atoms with E-state index < -0.39 is 0 Å². The van der Waals surface area contributed by atoms with E-state index in [9.17, 15) is 0 Å². The molecule has 56 heavy (non-hydrogen) atoms. The van der Waals surface area contributed by atoms with Gasteiger partial charge in [0.1, 0.15) is 0 Å². The van der Waals surface area contributed by atoms with E-state index in [1.54, 1.807) is 0 Å². The van der Waals surface area contributed by atoms with Gasteiger partial charge >= 0.3 is 0 Å². The number of allylic oxidation sites excluding steroid dienone is 4. The lowest BCUT2D eigenvalue weighted by atomic mass is 9.91. The fraction of sp³-hybridized carbons (Fsp3) is 0.0370. The Bertz CT molecular complexity index is 3160. The molecule has 11 rings (SSSR count). The van der Waals surface area contributed by atoms with Gasteiger partial charge < -0.3 is 9.13 Å². The predicted molar refractivity (Wildman–Crippen MR) is 237 cm³/mol. The van der Waals surface area contributed by atoms with Crippen LogP contribution in [0.25, 0.3) is 88.4 Å². The third-order valence-corrected chi connectivity index (χ3v) is 11.6. The van der Waals surface area contributed by atoms with Gasteiger partial charge in [-0.25, -0.2) is 0 Å². The van der Waals surface area contributed by atoms with Crippen LogP contribution in [0.3, 0.4) is 0 Å². The molecule has 8 aromatic carbocycles. The highest BCUT2D eigenvalue weighted by molar-refractivity contribution is 6.12. The Kier molecular flexibility index (Phi) is 7.67. The summed E-state index contributed by atoms with van der Waals surface area (Å²) in [7, 11) is 0. The molecule has 0 amide bonds. The highest BCUT2D eigenvalue weighted by Crippen LogP contribution is 2.40. The van der Waals surface area contributed by atoms with Crippen LogP contribution in [0, 0.1) is 0 Å². The Morgan fingerprint density at radius 3 is 1.54 bits per heavy atom. The van der Waals surface area contributed by atoms with Crippen molar-refractivity contribution in [2.75, 3.05) is 0 Å². The standard InChI is InChI=1S/C54H38N2/c1-3-14-37(15-4-1)41-20-12-22-45(33-41)55-51-26-9-7-24-47(51)49-35-43(28-30-53(49)55)39-18-11-19-40(32-39)44-29-31-54-50(36-44)48-25-8-10-27-52(48)56(54)46-23-13-21-42(34-46)38-16-5-2-6-17-38/h1-20,22-36,42H,21H2. The van der Waals surface area contributed by atoms with Crippen LogP contribution in [-0.4, -0.2) is 9.13 Å². The molecule has 0 bridgehead atoms. The molecule has 0 radical (unpaired) electrons. The molecule has 0 saturated carbocycles. The summed E-state index contributed by atoms with van der Waals surface area (Å²) >= 11 is 0. The summed E-state index contributed by atoms with van der Waals surface area (Å²) in [6, 6.07) is 70.9. The van der Waals surface area contributed by atoms with Crippen molar-refractivity contribution in [3.8, 4) is 39.1 Å². The monoisotopic (exact) mass is 714 g/mol. The van der Waals surface area contributed by atoms with Gasteiger partial charge in [-0.15, -0.1) is 0 Å². The van der Waals surface area contributed by atoms with Gasteiger partial charge in [-0.05, 0) is 106 Å². The van der Waals surface area contributed by atoms with Crippen LogP contribution in [0.5, 0.6) is 0 Å². The quantitative estimate of drug-likeness (QED) is 0.162. The molecule has 0 fully saturated rings. The number of hydrogen-bond donors (Lipinski definition) is 0. The van der Waals surface area contributed by atoms with E-state index >= 15 is 0 Å². The first-order valence-electron chi connectivity index (χ1n) is 19.5. The molecule has 1 atom stereocenters. The van der Waals surface area contributed by atoms with E-state index in [-0.39, 0.29) is 0 Å². The Labute approximate surface area is 326 Å². The van der Waals surface area contributed by atoms with Crippen molar-refractivity contribution in [3.05, 3.63) is 218 Å². The van der Waals surface area contributed by atoms with Crippen LogP contribution in [0.4, 0.5) is 0 Å². The number of para-hydroxylation sites is 2. The first-order chi connectivity index (χ1) is 27.8. The predicted octanol–water partition coefficient (Wildman–Crippen LogP) is 14.5. The van der Waals surface area contributed by atoms with Crippen molar-refractivity contribution in [2.24, 2.45) is 0 Å². The minimum atomic E-state index is 0.357. The van der Waals surface area contributed by atoms with Gasteiger partial charge in [-0.2, -0.15) is 0 Å². The smallest absolute Gasteiger partial charge is 0.0541 e. The van der Waals surface area contributed by atoms with E-state index in [4.69, 9.17) is 0 Å². The van der Waals surface area contributed by atoms with Crippen LogP contribution in [0.15, 0.2) is 212 Å². The SMILES string of the molecule is C1=CC(n2c3ccccc3c3cc(-c4cccc(-c5ccc6c(c5)c5ccccc5n6-c5cccc(-c6ccccc6)c5)c4)ccc32)=CC(c2ccccc2)C1. The number of fused-ring (bicyclic) bond motifs is 6. The summed E-state index contributed by atoms with van der Waals surface area (Å²) in [6.07, 6.45) is 8.07. The van der Waals surface area contributed by atoms with Crippen molar-refractivity contribution in [3.63, 3.8) is 0 Å². The van der Waals surface area contributed by atoms with Gasteiger partial charge in [0.05, 0.1) is 22.1 Å². The van der Waals surface area contributed by atoms with Crippen molar-refractivity contribution in [2.45, 2.75) is 12.3 Å². The Balaban J connectivity index is 0.991. The van der Waals surface area contributed by atoms with Crippen molar-refractivity contribution in [1.29, 1.82) is 0 Å². The molecule has 264 valence electrons. The summed E-state index contributed by atoms with van der Waals surface area (Å²) in [5.74, 6) is 0.357. The summed E-state index contributed by atoms with van der Waals surface area (Å²) in [5, 5.41) is 5.05. The van der Waals surface area contributed by atoms with Crippen molar-refractivity contribution >= 4 is 49.3 Å². The molecule has 10 aromatic rings. The Morgan fingerprint density at radius 2 is 0.857 bits per heavy atom. The zero-order chi connectivity index (χ0) is 37.0. The number of nitrogens with zero attached hydrogens (tertiary/aromatic N) is 2. The molecule has 2 nitrogen and oxygen atoms in total. The Hall–Kier alpha value is -7.16. The third-order valence-electron chi connectivity index (χ3n) is 11.6. The largest absolute Gasteiger partial charge is 0.310 e. The maximum atomic E-state index is 2.44. The van der Waals surface area contributed by atoms with Gasteiger partial charge in [-0.3, -0.25) is 0 Å². The van der Waals surface area contributed by atoms with Crippen LogP contribution in [0.2, 0.25) is 0 Å². The molecule has 0 aliphatic heterocycles. The van der Waals surface area contributed by atoms with Crippen molar-refractivity contribution < 1.29 is 0 Å². The topological polar surface area (TPSA) is 9.86 Å². The molecular weight excluding hydrogens is 677 g/mol. The second-order valence-corrected chi connectivity index (χ2v) is 14.9.